The molecular weight excluding hydrogens is 250 g/mol. The van der Waals surface area contributed by atoms with Gasteiger partial charge in [-0.2, -0.15) is 5.10 Å². The fourth-order valence-corrected chi connectivity index (χ4v) is 3.36. The summed E-state index contributed by atoms with van der Waals surface area (Å²) in [4.78, 5) is 0. The van der Waals surface area contributed by atoms with Crippen molar-refractivity contribution in [2.75, 3.05) is 19.8 Å². The van der Waals surface area contributed by atoms with Crippen LogP contribution in [0.1, 0.15) is 43.1 Å². The van der Waals surface area contributed by atoms with Crippen LogP contribution in [-0.4, -0.2) is 35.6 Å². The van der Waals surface area contributed by atoms with Crippen molar-refractivity contribution in [3.05, 3.63) is 17.0 Å². The van der Waals surface area contributed by atoms with Crippen molar-refractivity contribution in [3.63, 3.8) is 0 Å². The maximum atomic E-state index is 5.49. The number of nitrogens with one attached hydrogen (secondary N) is 1. The van der Waals surface area contributed by atoms with Gasteiger partial charge in [-0.1, -0.05) is 6.92 Å². The van der Waals surface area contributed by atoms with E-state index in [-0.39, 0.29) is 0 Å². The van der Waals surface area contributed by atoms with Gasteiger partial charge in [-0.3, -0.25) is 4.68 Å². The third kappa shape index (κ3) is 3.61. The number of rotatable bonds is 6. The van der Waals surface area contributed by atoms with Crippen LogP contribution >= 0.6 is 0 Å². The van der Waals surface area contributed by atoms with E-state index in [0.717, 1.165) is 32.1 Å². The minimum atomic E-state index is 0.614. The summed E-state index contributed by atoms with van der Waals surface area (Å²) in [5.74, 6) is 0.765. The number of nitrogens with zero attached hydrogens (tertiary/aromatic N) is 2. The molecule has 0 spiro atoms. The molecule has 2 heterocycles. The van der Waals surface area contributed by atoms with Gasteiger partial charge in [0.2, 0.25) is 0 Å². The summed E-state index contributed by atoms with van der Waals surface area (Å²) in [6, 6.07) is 0.614. The molecule has 0 aromatic carbocycles. The summed E-state index contributed by atoms with van der Waals surface area (Å²) in [7, 11) is 2.03. The van der Waals surface area contributed by atoms with Crippen molar-refractivity contribution in [1.82, 2.24) is 15.1 Å². The van der Waals surface area contributed by atoms with E-state index in [1.807, 2.05) is 11.7 Å². The minimum Gasteiger partial charge on any atom is -0.381 e. The lowest BCUT2D eigenvalue weighted by molar-refractivity contribution is 0.0528. The zero-order valence-corrected chi connectivity index (χ0v) is 13.4. The van der Waals surface area contributed by atoms with Crippen LogP contribution in [0.15, 0.2) is 0 Å². The molecule has 1 saturated heterocycles. The molecule has 1 aliphatic heterocycles. The average molecular weight is 279 g/mol. The summed E-state index contributed by atoms with van der Waals surface area (Å²) in [6.45, 7) is 9.40. The Bertz CT molecular complexity index is 422. The molecule has 0 amide bonds. The molecule has 1 atom stereocenters. The molecule has 20 heavy (non-hydrogen) atoms. The number of hydrogen-bond acceptors (Lipinski definition) is 3. The fourth-order valence-electron chi connectivity index (χ4n) is 3.36. The van der Waals surface area contributed by atoms with Crippen LogP contribution in [0, 0.1) is 19.8 Å². The van der Waals surface area contributed by atoms with Crippen LogP contribution in [0.4, 0.5) is 0 Å². The minimum absolute atomic E-state index is 0.614. The SMILES string of the molecule is CCNC(CCc1c(C)nn(C)c1C)C1CCOCC1. The van der Waals surface area contributed by atoms with Crippen LogP contribution < -0.4 is 5.32 Å². The Kier molecular flexibility index (Phi) is 5.61. The number of ether oxygens (including phenoxy) is 1. The van der Waals surface area contributed by atoms with Gasteiger partial charge in [-0.05, 0) is 57.6 Å². The molecule has 4 heteroatoms. The molecule has 2 rings (SSSR count). The first kappa shape index (κ1) is 15.5. The molecule has 1 aliphatic rings. The Balaban J connectivity index is 1.97. The van der Waals surface area contributed by atoms with Crippen LogP contribution in [0.5, 0.6) is 0 Å². The molecule has 1 unspecified atom stereocenters. The van der Waals surface area contributed by atoms with Crippen molar-refractivity contribution in [3.8, 4) is 0 Å². The van der Waals surface area contributed by atoms with Gasteiger partial charge in [0.1, 0.15) is 0 Å². The fraction of sp³-hybridized carbons (Fsp3) is 0.812. The first-order chi connectivity index (χ1) is 9.63. The molecule has 0 saturated carbocycles. The molecule has 114 valence electrons. The summed E-state index contributed by atoms with van der Waals surface area (Å²) < 4.78 is 7.49. The highest BCUT2D eigenvalue weighted by atomic mass is 16.5. The summed E-state index contributed by atoms with van der Waals surface area (Å²) in [6.07, 6.45) is 4.72. The predicted molar refractivity (Wildman–Crippen MR) is 82.0 cm³/mol. The lowest BCUT2D eigenvalue weighted by Gasteiger charge is -2.31. The van der Waals surface area contributed by atoms with Gasteiger partial charge in [0.25, 0.3) is 0 Å². The summed E-state index contributed by atoms with van der Waals surface area (Å²) >= 11 is 0. The van der Waals surface area contributed by atoms with Crippen LogP contribution in [0.25, 0.3) is 0 Å². The molecule has 4 nitrogen and oxygen atoms in total. The lowest BCUT2D eigenvalue weighted by Crippen LogP contribution is -2.39. The van der Waals surface area contributed by atoms with Gasteiger partial charge < -0.3 is 10.1 Å². The maximum absolute atomic E-state index is 5.49. The van der Waals surface area contributed by atoms with Gasteiger partial charge in [0.15, 0.2) is 0 Å². The molecule has 1 aromatic rings. The van der Waals surface area contributed by atoms with Crippen molar-refractivity contribution in [1.29, 1.82) is 0 Å². The Hall–Kier alpha value is -0.870. The standard InChI is InChI=1S/C16H29N3O/c1-5-17-16(14-8-10-20-11-9-14)7-6-15-12(2)18-19(4)13(15)3/h14,16-17H,5-11H2,1-4H3. The molecule has 0 radical (unpaired) electrons. The number of aryl methyl sites for hydroxylation is 2. The van der Waals surface area contributed by atoms with Gasteiger partial charge in [-0.25, -0.2) is 0 Å². The molecule has 1 N–H and O–H groups in total. The molecule has 1 fully saturated rings. The van der Waals surface area contributed by atoms with Gasteiger partial charge in [0, 0.05) is 32.0 Å². The van der Waals surface area contributed by atoms with Crippen LogP contribution in [-0.2, 0) is 18.2 Å². The Morgan fingerprint density at radius 1 is 1.35 bits per heavy atom. The highest BCUT2D eigenvalue weighted by Crippen LogP contribution is 2.23. The van der Waals surface area contributed by atoms with E-state index in [0.29, 0.717) is 6.04 Å². The van der Waals surface area contributed by atoms with Crippen LogP contribution in [0.3, 0.4) is 0 Å². The van der Waals surface area contributed by atoms with E-state index in [4.69, 9.17) is 4.74 Å². The first-order valence-electron chi connectivity index (χ1n) is 7.93. The highest BCUT2D eigenvalue weighted by molar-refractivity contribution is 5.24. The highest BCUT2D eigenvalue weighted by Gasteiger charge is 2.23. The van der Waals surface area contributed by atoms with E-state index in [2.05, 4.69) is 31.2 Å². The van der Waals surface area contributed by atoms with E-state index < -0.39 is 0 Å². The summed E-state index contributed by atoms with van der Waals surface area (Å²) in [5.41, 5.74) is 3.93. The summed E-state index contributed by atoms with van der Waals surface area (Å²) in [5, 5.41) is 8.21. The molecule has 0 aliphatic carbocycles. The Morgan fingerprint density at radius 3 is 2.60 bits per heavy atom. The second-order valence-corrected chi connectivity index (χ2v) is 5.93. The molecule has 0 bridgehead atoms. The smallest absolute Gasteiger partial charge is 0.0628 e. The van der Waals surface area contributed by atoms with E-state index in [9.17, 15) is 0 Å². The van der Waals surface area contributed by atoms with Crippen molar-refractivity contribution in [2.45, 2.75) is 52.5 Å². The first-order valence-corrected chi connectivity index (χ1v) is 7.93. The van der Waals surface area contributed by atoms with Gasteiger partial charge in [-0.15, -0.1) is 0 Å². The predicted octanol–water partition coefficient (Wildman–Crippen LogP) is 2.37. The monoisotopic (exact) mass is 279 g/mol. The quantitative estimate of drug-likeness (QED) is 0.869. The third-order valence-corrected chi connectivity index (χ3v) is 4.67. The van der Waals surface area contributed by atoms with E-state index in [1.54, 1.807) is 0 Å². The number of hydrogen-bond donors (Lipinski definition) is 1. The normalized spacial score (nSPS) is 18.4. The largest absolute Gasteiger partial charge is 0.381 e. The Morgan fingerprint density at radius 2 is 2.05 bits per heavy atom. The van der Waals surface area contributed by atoms with Gasteiger partial charge >= 0.3 is 0 Å². The maximum Gasteiger partial charge on any atom is 0.0628 e. The lowest BCUT2D eigenvalue weighted by atomic mass is 9.87. The topological polar surface area (TPSA) is 39.1 Å². The second kappa shape index (κ2) is 7.23. The third-order valence-electron chi connectivity index (χ3n) is 4.67. The van der Waals surface area contributed by atoms with E-state index in [1.165, 1.54) is 36.2 Å². The zero-order valence-electron chi connectivity index (χ0n) is 13.4. The van der Waals surface area contributed by atoms with Crippen molar-refractivity contribution >= 4 is 0 Å². The van der Waals surface area contributed by atoms with Crippen molar-refractivity contribution in [2.24, 2.45) is 13.0 Å². The van der Waals surface area contributed by atoms with Crippen LogP contribution in [0.2, 0.25) is 0 Å². The average Bonchev–Trinajstić information content (AvgIpc) is 2.70. The zero-order chi connectivity index (χ0) is 14.5. The Labute approximate surface area is 122 Å². The number of aromatic nitrogens is 2. The molecule has 1 aromatic heterocycles. The van der Waals surface area contributed by atoms with Gasteiger partial charge in [0.05, 0.1) is 5.69 Å². The van der Waals surface area contributed by atoms with Crippen molar-refractivity contribution < 1.29 is 4.74 Å². The molecular formula is C16H29N3O. The second-order valence-electron chi connectivity index (χ2n) is 5.93. The van der Waals surface area contributed by atoms with E-state index >= 15 is 0 Å².